The molecule has 0 atom stereocenters. The van der Waals surface area contributed by atoms with E-state index in [1.165, 1.54) is 12.8 Å². The lowest BCUT2D eigenvalue weighted by Crippen LogP contribution is -1.55. The quantitative estimate of drug-likeness (QED) is 0.448. The second-order valence-electron chi connectivity index (χ2n) is 1.62. The minimum Gasteiger partial charge on any atom is -0.0501 e. The van der Waals surface area contributed by atoms with E-state index in [4.69, 9.17) is 0 Å². The van der Waals surface area contributed by atoms with Crippen molar-refractivity contribution in [3.05, 3.63) is 6.08 Å². The highest BCUT2D eigenvalue weighted by molar-refractivity contribution is 7.78. The van der Waals surface area contributed by atoms with Gasteiger partial charge in [0.2, 0.25) is 0 Å². The fourth-order valence-corrected chi connectivity index (χ4v) is 0.552. The molecular formula is C5H6S. The first-order chi connectivity index (χ1) is 2.93. The Hall–Kier alpha value is -0.130. The molecule has 0 aromatic carbocycles. The summed E-state index contributed by atoms with van der Waals surface area (Å²) in [6.07, 6.45) is 4.64. The van der Waals surface area contributed by atoms with Crippen LogP contribution in [0.5, 0.6) is 0 Å². The van der Waals surface area contributed by atoms with Crippen molar-refractivity contribution in [1.29, 1.82) is 0 Å². The van der Waals surface area contributed by atoms with Crippen molar-refractivity contribution in [3.8, 4) is 0 Å². The maximum Gasteiger partial charge on any atom is -0.0148 e. The molecular weight excluding hydrogens is 92.1 g/mol. The van der Waals surface area contributed by atoms with Crippen LogP contribution in [-0.4, -0.2) is 5.02 Å². The number of rotatable bonds is 1. The zero-order chi connectivity index (χ0) is 4.41. The van der Waals surface area contributed by atoms with E-state index < -0.39 is 0 Å². The summed E-state index contributed by atoms with van der Waals surface area (Å²) in [5, 5.41) is 2.59. The van der Waals surface area contributed by atoms with E-state index in [1.807, 2.05) is 6.08 Å². The Morgan fingerprint density at radius 2 is 2.33 bits per heavy atom. The molecule has 1 fully saturated rings. The highest BCUT2D eigenvalue weighted by atomic mass is 32.1. The van der Waals surface area contributed by atoms with Gasteiger partial charge in [-0.25, -0.2) is 0 Å². The third-order valence-electron chi connectivity index (χ3n) is 0.926. The minimum atomic E-state index is 0.808. The minimum absolute atomic E-state index is 0.808. The number of hydrogen-bond donors (Lipinski definition) is 0. The van der Waals surface area contributed by atoms with Gasteiger partial charge >= 0.3 is 0 Å². The van der Waals surface area contributed by atoms with E-state index in [1.54, 1.807) is 0 Å². The van der Waals surface area contributed by atoms with Crippen LogP contribution in [0.3, 0.4) is 0 Å². The van der Waals surface area contributed by atoms with Gasteiger partial charge in [0.1, 0.15) is 0 Å². The molecule has 0 bridgehead atoms. The second kappa shape index (κ2) is 1.55. The van der Waals surface area contributed by atoms with E-state index >= 15 is 0 Å². The Labute approximate surface area is 42.9 Å². The standard InChI is InChI=1S/C5H6S/c6-4-3-5-1-2-5/h3,5H,1-2H2. The Balaban J connectivity index is 2.33. The molecule has 0 amide bonds. The molecule has 1 saturated carbocycles. The first kappa shape index (κ1) is 4.04. The smallest absolute Gasteiger partial charge is 0.0148 e. The fourth-order valence-electron chi connectivity index (χ4n) is 0.359. The first-order valence-corrected chi connectivity index (χ1v) is 2.55. The van der Waals surface area contributed by atoms with Crippen molar-refractivity contribution in [2.24, 2.45) is 5.92 Å². The van der Waals surface area contributed by atoms with Gasteiger partial charge in [-0.05, 0) is 37.1 Å². The molecule has 0 spiro atoms. The molecule has 32 valence electrons. The maximum absolute atomic E-state index is 4.46. The van der Waals surface area contributed by atoms with Gasteiger partial charge in [0.15, 0.2) is 0 Å². The molecule has 1 aliphatic carbocycles. The van der Waals surface area contributed by atoms with E-state index in [0.29, 0.717) is 0 Å². The lowest BCUT2D eigenvalue weighted by Gasteiger charge is -1.62. The summed E-state index contributed by atoms with van der Waals surface area (Å²) in [4.78, 5) is 0. The largest absolute Gasteiger partial charge is 0.0501 e. The van der Waals surface area contributed by atoms with Crippen molar-refractivity contribution in [2.75, 3.05) is 0 Å². The lowest BCUT2D eigenvalue weighted by molar-refractivity contribution is 1.14. The van der Waals surface area contributed by atoms with Crippen LogP contribution in [0.15, 0.2) is 6.08 Å². The van der Waals surface area contributed by atoms with Gasteiger partial charge in [-0.1, -0.05) is 5.02 Å². The summed E-state index contributed by atoms with van der Waals surface area (Å²) in [7, 11) is 0. The zero-order valence-electron chi connectivity index (χ0n) is 3.48. The van der Waals surface area contributed by atoms with Crippen LogP contribution in [-0.2, 0) is 0 Å². The Morgan fingerprint density at radius 3 is 2.50 bits per heavy atom. The SMILES string of the molecule is S=C=CC1CC1. The summed E-state index contributed by atoms with van der Waals surface area (Å²) in [6.45, 7) is 0. The third kappa shape index (κ3) is 0.925. The van der Waals surface area contributed by atoms with Gasteiger partial charge in [0.05, 0.1) is 0 Å². The monoisotopic (exact) mass is 98.0 g/mol. The molecule has 1 rings (SSSR count). The molecule has 1 aliphatic rings. The summed E-state index contributed by atoms with van der Waals surface area (Å²) in [6, 6.07) is 0. The average Bonchev–Trinajstić information content (AvgIpc) is 2.21. The average molecular weight is 98.2 g/mol. The summed E-state index contributed by atoms with van der Waals surface area (Å²) < 4.78 is 0. The van der Waals surface area contributed by atoms with Crippen LogP contribution in [0.1, 0.15) is 12.8 Å². The zero-order valence-corrected chi connectivity index (χ0v) is 4.29. The van der Waals surface area contributed by atoms with Crippen LogP contribution in [0.4, 0.5) is 0 Å². The second-order valence-corrected chi connectivity index (χ2v) is 1.86. The molecule has 0 nitrogen and oxygen atoms in total. The van der Waals surface area contributed by atoms with Gasteiger partial charge in [0, 0.05) is 0 Å². The summed E-state index contributed by atoms with van der Waals surface area (Å²) >= 11 is 4.46. The number of allylic oxidation sites excluding steroid dienone is 1. The van der Waals surface area contributed by atoms with Gasteiger partial charge < -0.3 is 0 Å². The molecule has 0 unspecified atom stereocenters. The van der Waals surface area contributed by atoms with Crippen LogP contribution < -0.4 is 0 Å². The highest BCUT2D eigenvalue weighted by Gasteiger charge is 2.16. The van der Waals surface area contributed by atoms with Gasteiger partial charge in [-0.3, -0.25) is 0 Å². The van der Waals surface area contributed by atoms with E-state index in [2.05, 4.69) is 17.2 Å². The van der Waals surface area contributed by atoms with Crippen molar-refractivity contribution < 1.29 is 0 Å². The van der Waals surface area contributed by atoms with Crippen LogP contribution >= 0.6 is 12.2 Å². The van der Waals surface area contributed by atoms with Crippen molar-refractivity contribution in [3.63, 3.8) is 0 Å². The van der Waals surface area contributed by atoms with Crippen molar-refractivity contribution >= 4 is 17.2 Å². The van der Waals surface area contributed by atoms with Crippen LogP contribution in [0.25, 0.3) is 0 Å². The van der Waals surface area contributed by atoms with Crippen molar-refractivity contribution in [1.82, 2.24) is 0 Å². The van der Waals surface area contributed by atoms with Gasteiger partial charge in [-0.15, -0.1) is 0 Å². The van der Waals surface area contributed by atoms with Gasteiger partial charge in [-0.2, -0.15) is 0 Å². The molecule has 0 aliphatic heterocycles. The normalized spacial score (nSPS) is 19.3. The van der Waals surface area contributed by atoms with Gasteiger partial charge in [0.25, 0.3) is 0 Å². The molecule has 1 heteroatoms. The number of thiocarbonyl (C=S) groups is 1. The van der Waals surface area contributed by atoms with Crippen LogP contribution in [0.2, 0.25) is 0 Å². The summed E-state index contributed by atoms with van der Waals surface area (Å²) in [5.41, 5.74) is 0. The summed E-state index contributed by atoms with van der Waals surface area (Å²) in [5.74, 6) is 0.808. The lowest BCUT2D eigenvalue weighted by atomic mass is 10.4. The molecule has 0 radical (unpaired) electrons. The van der Waals surface area contributed by atoms with E-state index in [-0.39, 0.29) is 0 Å². The van der Waals surface area contributed by atoms with E-state index in [0.717, 1.165) is 5.92 Å². The maximum atomic E-state index is 4.46. The molecule has 0 saturated heterocycles. The third-order valence-corrected chi connectivity index (χ3v) is 1.06. The van der Waals surface area contributed by atoms with Crippen molar-refractivity contribution in [2.45, 2.75) is 12.8 Å². The Morgan fingerprint density at radius 1 is 1.67 bits per heavy atom. The molecule has 0 N–H and O–H groups in total. The highest BCUT2D eigenvalue weighted by Crippen LogP contribution is 2.28. The predicted octanol–water partition coefficient (Wildman–Crippen LogP) is 1.55. The predicted molar refractivity (Wildman–Crippen MR) is 29.9 cm³/mol. The molecule has 6 heavy (non-hydrogen) atoms. The van der Waals surface area contributed by atoms with Crippen LogP contribution in [0, 0.1) is 5.92 Å². The first-order valence-electron chi connectivity index (χ1n) is 2.14. The Kier molecular flexibility index (Phi) is 1.04. The topological polar surface area (TPSA) is 0 Å². The molecule has 0 aromatic heterocycles. The molecule has 0 aromatic rings. The Bertz CT molecular complexity index is 86.1. The van der Waals surface area contributed by atoms with E-state index in [9.17, 15) is 0 Å². The number of hydrogen-bond acceptors (Lipinski definition) is 1. The fraction of sp³-hybridized carbons (Fsp3) is 0.600. The molecule has 0 heterocycles.